The standard InChI is InChI=1S/C23H30N4O2/c1-17-8-6-7-11-20(17)29-22-14-21(24-16-25-22)26-12-13-27(18(2)15-26)23(28)19-9-4-3-5-10-19/h6-8,11,14,16,18-19H,3-5,9-10,12-13,15H2,1-2H3/t18-/m1/s1. The van der Waals surface area contributed by atoms with Gasteiger partial charge in [-0.25, -0.2) is 9.97 Å². The fourth-order valence-corrected chi connectivity index (χ4v) is 4.42. The van der Waals surface area contributed by atoms with Gasteiger partial charge < -0.3 is 14.5 Å². The lowest BCUT2D eigenvalue weighted by molar-refractivity contribution is -0.139. The Hall–Kier alpha value is -2.63. The summed E-state index contributed by atoms with van der Waals surface area (Å²) in [5.74, 6) is 2.76. The Morgan fingerprint density at radius 1 is 1.10 bits per heavy atom. The number of carbonyl (C=O) groups excluding carboxylic acids is 1. The summed E-state index contributed by atoms with van der Waals surface area (Å²) < 4.78 is 5.96. The van der Waals surface area contributed by atoms with Crippen molar-refractivity contribution in [1.29, 1.82) is 0 Å². The first kappa shape index (κ1) is 19.7. The SMILES string of the molecule is Cc1ccccc1Oc1cc(N2CCN(C(=O)C3CCCCC3)[C@H](C)C2)ncn1. The first-order chi connectivity index (χ1) is 14.1. The zero-order valence-electron chi connectivity index (χ0n) is 17.4. The second-order valence-electron chi connectivity index (χ2n) is 8.24. The van der Waals surface area contributed by atoms with Crippen molar-refractivity contribution in [3.05, 3.63) is 42.2 Å². The number of hydrogen-bond donors (Lipinski definition) is 0. The predicted molar refractivity (Wildman–Crippen MR) is 113 cm³/mol. The molecule has 0 N–H and O–H groups in total. The van der Waals surface area contributed by atoms with Gasteiger partial charge in [0.25, 0.3) is 0 Å². The molecule has 0 unspecified atom stereocenters. The highest BCUT2D eigenvalue weighted by Gasteiger charge is 2.32. The Morgan fingerprint density at radius 2 is 1.90 bits per heavy atom. The van der Waals surface area contributed by atoms with Gasteiger partial charge in [0.15, 0.2) is 0 Å². The minimum Gasteiger partial charge on any atom is -0.439 e. The van der Waals surface area contributed by atoms with Crippen molar-refractivity contribution < 1.29 is 9.53 Å². The maximum absolute atomic E-state index is 13.0. The first-order valence-electron chi connectivity index (χ1n) is 10.7. The molecule has 29 heavy (non-hydrogen) atoms. The summed E-state index contributed by atoms with van der Waals surface area (Å²) in [5.41, 5.74) is 1.07. The second kappa shape index (κ2) is 8.80. The molecular formula is C23H30N4O2. The van der Waals surface area contributed by atoms with Gasteiger partial charge in [0.2, 0.25) is 11.8 Å². The van der Waals surface area contributed by atoms with Gasteiger partial charge in [0, 0.05) is 37.7 Å². The molecule has 4 rings (SSSR count). The third-order valence-electron chi connectivity index (χ3n) is 6.12. The zero-order chi connectivity index (χ0) is 20.2. The minimum atomic E-state index is 0.175. The summed E-state index contributed by atoms with van der Waals surface area (Å²) >= 11 is 0. The summed E-state index contributed by atoms with van der Waals surface area (Å²) in [6.07, 6.45) is 7.31. The van der Waals surface area contributed by atoms with E-state index < -0.39 is 0 Å². The number of ether oxygens (including phenoxy) is 1. The largest absolute Gasteiger partial charge is 0.439 e. The number of nitrogens with zero attached hydrogens (tertiary/aromatic N) is 4. The number of anilines is 1. The van der Waals surface area contributed by atoms with E-state index in [1.54, 1.807) is 6.33 Å². The van der Waals surface area contributed by atoms with E-state index in [0.717, 1.165) is 49.6 Å². The molecule has 1 aromatic carbocycles. The van der Waals surface area contributed by atoms with Crippen LogP contribution in [0, 0.1) is 12.8 Å². The first-order valence-corrected chi connectivity index (χ1v) is 10.7. The number of amides is 1. The van der Waals surface area contributed by atoms with Gasteiger partial charge in [-0.05, 0) is 38.3 Å². The van der Waals surface area contributed by atoms with Crippen LogP contribution < -0.4 is 9.64 Å². The molecule has 1 atom stereocenters. The lowest BCUT2D eigenvalue weighted by Crippen LogP contribution is -2.55. The molecule has 1 aliphatic carbocycles. The molecule has 2 heterocycles. The summed E-state index contributed by atoms with van der Waals surface area (Å²) in [5, 5.41) is 0. The van der Waals surface area contributed by atoms with Crippen molar-refractivity contribution in [2.75, 3.05) is 24.5 Å². The van der Waals surface area contributed by atoms with Crippen LogP contribution in [0.3, 0.4) is 0 Å². The Balaban J connectivity index is 1.41. The molecule has 1 aromatic heterocycles. The quantitative estimate of drug-likeness (QED) is 0.778. The Morgan fingerprint density at radius 3 is 2.66 bits per heavy atom. The Kier molecular flexibility index (Phi) is 5.97. The monoisotopic (exact) mass is 394 g/mol. The molecule has 154 valence electrons. The van der Waals surface area contributed by atoms with E-state index in [4.69, 9.17) is 4.74 Å². The van der Waals surface area contributed by atoms with Crippen LogP contribution in [0.25, 0.3) is 0 Å². The number of piperazine rings is 1. The van der Waals surface area contributed by atoms with Crippen LogP contribution in [0.4, 0.5) is 5.82 Å². The normalized spacial score (nSPS) is 20.6. The number of aryl methyl sites for hydroxylation is 1. The molecule has 1 aliphatic heterocycles. The number of hydrogen-bond acceptors (Lipinski definition) is 5. The molecule has 1 saturated heterocycles. The smallest absolute Gasteiger partial charge is 0.226 e. The summed E-state index contributed by atoms with van der Waals surface area (Å²) in [7, 11) is 0. The summed E-state index contributed by atoms with van der Waals surface area (Å²) in [4.78, 5) is 26.0. The highest BCUT2D eigenvalue weighted by molar-refractivity contribution is 5.79. The predicted octanol–water partition coefficient (Wildman–Crippen LogP) is 4.19. The lowest BCUT2D eigenvalue weighted by atomic mass is 9.88. The van der Waals surface area contributed by atoms with Crippen LogP contribution >= 0.6 is 0 Å². The molecular weight excluding hydrogens is 364 g/mol. The van der Waals surface area contributed by atoms with Gasteiger partial charge in [0.1, 0.15) is 17.9 Å². The van der Waals surface area contributed by atoms with E-state index in [1.165, 1.54) is 19.3 Å². The van der Waals surface area contributed by atoms with Gasteiger partial charge in [-0.1, -0.05) is 37.5 Å². The lowest BCUT2D eigenvalue weighted by Gasteiger charge is -2.42. The van der Waals surface area contributed by atoms with Crippen molar-refractivity contribution in [3.63, 3.8) is 0 Å². The number of carbonyl (C=O) groups is 1. The molecule has 0 bridgehead atoms. The van der Waals surface area contributed by atoms with Crippen LogP contribution in [0.1, 0.15) is 44.6 Å². The zero-order valence-corrected chi connectivity index (χ0v) is 17.4. The molecule has 2 aromatic rings. The van der Waals surface area contributed by atoms with Crippen molar-refractivity contribution in [2.45, 2.75) is 52.0 Å². The Labute approximate surface area is 172 Å². The van der Waals surface area contributed by atoms with E-state index in [0.29, 0.717) is 11.8 Å². The average molecular weight is 395 g/mol. The molecule has 2 aliphatic rings. The van der Waals surface area contributed by atoms with Gasteiger partial charge >= 0.3 is 0 Å². The molecule has 6 nitrogen and oxygen atoms in total. The number of rotatable bonds is 4. The second-order valence-corrected chi connectivity index (χ2v) is 8.24. The topological polar surface area (TPSA) is 58.6 Å². The molecule has 2 fully saturated rings. The van der Waals surface area contributed by atoms with Crippen LogP contribution in [0.15, 0.2) is 36.7 Å². The van der Waals surface area contributed by atoms with Crippen LogP contribution in [0.5, 0.6) is 11.6 Å². The molecule has 0 radical (unpaired) electrons. The van der Waals surface area contributed by atoms with Crippen LogP contribution in [-0.2, 0) is 4.79 Å². The highest BCUT2D eigenvalue weighted by Crippen LogP contribution is 2.29. The number of aromatic nitrogens is 2. The maximum atomic E-state index is 13.0. The van der Waals surface area contributed by atoms with Crippen molar-refractivity contribution in [1.82, 2.24) is 14.9 Å². The van der Waals surface area contributed by atoms with Crippen molar-refractivity contribution >= 4 is 11.7 Å². The van der Waals surface area contributed by atoms with Crippen LogP contribution in [0.2, 0.25) is 0 Å². The van der Waals surface area contributed by atoms with Gasteiger partial charge in [-0.15, -0.1) is 0 Å². The third-order valence-corrected chi connectivity index (χ3v) is 6.12. The van der Waals surface area contributed by atoms with Gasteiger partial charge in [-0.2, -0.15) is 0 Å². The highest BCUT2D eigenvalue weighted by atomic mass is 16.5. The third kappa shape index (κ3) is 4.52. The van der Waals surface area contributed by atoms with E-state index in [-0.39, 0.29) is 12.0 Å². The van der Waals surface area contributed by atoms with Crippen LogP contribution in [-0.4, -0.2) is 46.5 Å². The fraction of sp³-hybridized carbons (Fsp3) is 0.522. The maximum Gasteiger partial charge on any atom is 0.226 e. The minimum absolute atomic E-state index is 0.175. The molecule has 1 amide bonds. The molecule has 0 spiro atoms. The summed E-state index contributed by atoms with van der Waals surface area (Å²) in [6.45, 7) is 6.46. The van der Waals surface area contributed by atoms with Gasteiger partial charge in [0.05, 0.1) is 0 Å². The van der Waals surface area contributed by atoms with E-state index >= 15 is 0 Å². The van der Waals surface area contributed by atoms with Gasteiger partial charge in [-0.3, -0.25) is 4.79 Å². The average Bonchev–Trinajstić information content (AvgIpc) is 2.76. The Bertz CT molecular complexity index is 850. The van der Waals surface area contributed by atoms with E-state index in [2.05, 4.69) is 26.7 Å². The van der Waals surface area contributed by atoms with Crippen molar-refractivity contribution in [3.8, 4) is 11.6 Å². The fourth-order valence-electron chi connectivity index (χ4n) is 4.42. The summed E-state index contributed by atoms with van der Waals surface area (Å²) in [6, 6.07) is 9.96. The molecule has 1 saturated carbocycles. The van der Waals surface area contributed by atoms with E-state index in [1.807, 2.05) is 37.3 Å². The van der Waals surface area contributed by atoms with Crippen molar-refractivity contribution in [2.24, 2.45) is 5.92 Å². The molecule has 6 heteroatoms. The number of benzene rings is 1. The number of para-hydroxylation sites is 1. The van der Waals surface area contributed by atoms with E-state index in [9.17, 15) is 4.79 Å².